The molecular weight excluding hydrogens is 236 g/mol. The highest BCUT2D eigenvalue weighted by atomic mass is 19.1. The topological polar surface area (TPSA) is 50.9 Å². The van der Waals surface area contributed by atoms with Gasteiger partial charge in [-0.05, 0) is 18.6 Å². The first-order valence-corrected chi connectivity index (χ1v) is 5.45. The minimum absolute atomic E-state index is 0.261. The maximum absolute atomic E-state index is 14.0. The Balaban J connectivity index is 2.53. The average molecular weight is 249 g/mol. The molecule has 0 amide bonds. The summed E-state index contributed by atoms with van der Waals surface area (Å²) in [5.74, 6) is 4.50. The molecule has 18 heavy (non-hydrogen) atoms. The zero-order chi connectivity index (χ0) is 13.1. The van der Waals surface area contributed by atoms with Crippen LogP contribution in [0.5, 0.6) is 0 Å². The van der Waals surface area contributed by atoms with Crippen molar-refractivity contribution in [2.45, 2.75) is 13.0 Å². The zero-order valence-electron chi connectivity index (χ0n) is 9.82. The number of benzene rings is 1. The normalized spacial score (nSPS) is 12.4. The lowest BCUT2D eigenvalue weighted by molar-refractivity contribution is 0.526. The van der Waals surface area contributed by atoms with E-state index in [1.807, 2.05) is 0 Å². The molecule has 0 aliphatic heterocycles. The van der Waals surface area contributed by atoms with Gasteiger partial charge in [-0.3, -0.25) is 10.8 Å². The second kappa shape index (κ2) is 5.20. The van der Waals surface area contributed by atoms with E-state index in [4.69, 9.17) is 5.84 Å². The highest BCUT2D eigenvalue weighted by Crippen LogP contribution is 2.26. The number of hydrogen-bond acceptors (Lipinski definition) is 3. The molecule has 94 valence electrons. The van der Waals surface area contributed by atoms with Crippen LogP contribution in [0, 0.1) is 18.6 Å². The van der Waals surface area contributed by atoms with Crippen molar-refractivity contribution in [2.75, 3.05) is 0 Å². The predicted molar refractivity (Wildman–Crippen MR) is 64.5 cm³/mol. The lowest BCUT2D eigenvalue weighted by atomic mass is 9.97. The molecule has 1 unspecified atom stereocenters. The van der Waals surface area contributed by atoms with E-state index >= 15 is 0 Å². The van der Waals surface area contributed by atoms with E-state index in [0.29, 0.717) is 11.1 Å². The molecule has 0 aliphatic rings. The van der Waals surface area contributed by atoms with E-state index in [-0.39, 0.29) is 5.56 Å². The first-order valence-electron chi connectivity index (χ1n) is 5.45. The second-order valence-electron chi connectivity index (χ2n) is 3.97. The molecular formula is C13H13F2N3. The van der Waals surface area contributed by atoms with Gasteiger partial charge in [0.1, 0.15) is 11.6 Å². The maximum atomic E-state index is 14.0. The molecule has 3 nitrogen and oxygen atoms in total. The van der Waals surface area contributed by atoms with Gasteiger partial charge in [-0.1, -0.05) is 18.2 Å². The minimum Gasteiger partial charge on any atom is -0.271 e. The molecule has 1 aromatic carbocycles. The van der Waals surface area contributed by atoms with Crippen molar-refractivity contribution in [1.82, 2.24) is 10.4 Å². The fourth-order valence-electron chi connectivity index (χ4n) is 1.86. The number of pyridine rings is 1. The maximum Gasteiger partial charge on any atom is 0.146 e. The van der Waals surface area contributed by atoms with Crippen LogP contribution in [-0.2, 0) is 0 Å². The highest BCUT2D eigenvalue weighted by molar-refractivity contribution is 5.35. The van der Waals surface area contributed by atoms with E-state index in [9.17, 15) is 8.78 Å². The Morgan fingerprint density at radius 2 is 2.00 bits per heavy atom. The van der Waals surface area contributed by atoms with Crippen molar-refractivity contribution in [2.24, 2.45) is 5.84 Å². The van der Waals surface area contributed by atoms with E-state index < -0.39 is 17.7 Å². The second-order valence-corrected chi connectivity index (χ2v) is 3.97. The molecule has 0 saturated heterocycles. The molecule has 0 saturated carbocycles. The van der Waals surface area contributed by atoms with Crippen LogP contribution < -0.4 is 11.3 Å². The summed E-state index contributed by atoms with van der Waals surface area (Å²) in [5, 5.41) is 0. The number of aryl methyl sites for hydroxylation is 1. The van der Waals surface area contributed by atoms with Gasteiger partial charge in [0, 0.05) is 17.3 Å². The summed E-state index contributed by atoms with van der Waals surface area (Å²) in [6, 6.07) is 5.66. The smallest absolute Gasteiger partial charge is 0.146 e. The molecule has 0 aliphatic carbocycles. The number of halogens is 2. The Morgan fingerprint density at radius 3 is 2.67 bits per heavy atom. The van der Waals surface area contributed by atoms with Crippen LogP contribution in [0.4, 0.5) is 8.78 Å². The van der Waals surface area contributed by atoms with Crippen LogP contribution in [0.1, 0.15) is 22.7 Å². The Kier molecular flexibility index (Phi) is 3.64. The van der Waals surface area contributed by atoms with Crippen molar-refractivity contribution in [3.8, 4) is 0 Å². The highest BCUT2D eigenvalue weighted by Gasteiger charge is 2.20. The number of aromatic nitrogens is 1. The van der Waals surface area contributed by atoms with Crippen molar-refractivity contribution in [1.29, 1.82) is 0 Å². The first kappa shape index (κ1) is 12.6. The molecule has 0 bridgehead atoms. The number of hydrazine groups is 1. The van der Waals surface area contributed by atoms with Crippen LogP contribution in [0.3, 0.4) is 0 Å². The third-order valence-corrected chi connectivity index (χ3v) is 2.81. The molecule has 1 heterocycles. The predicted octanol–water partition coefficient (Wildman–Crippen LogP) is 2.22. The molecule has 2 aromatic rings. The monoisotopic (exact) mass is 249 g/mol. The van der Waals surface area contributed by atoms with Crippen LogP contribution in [-0.4, -0.2) is 4.98 Å². The Labute approximate surface area is 104 Å². The quantitative estimate of drug-likeness (QED) is 0.647. The summed E-state index contributed by atoms with van der Waals surface area (Å²) < 4.78 is 27.7. The molecule has 5 heteroatoms. The number of hydrogen-bond donors (Lipinski definition) is 2. The van der Waals surface area contributed by atoms with Crippen LogP contribution in [0.25, 0.3) is 0 Å². The molecule has 0 radical (unpaired) electrons. The minimum atomic E-state index is -0.743. The standard InChI is InChI=1S/C13H13F2N3/c1-8-3-2-4-10(12(8)15)13(18-16)9-5-6-17-7-11(9)14/h2-7,13,18H,16H2,1H3. The van der Waals surface area contributed by atoms with Crippen LogP contribution in [0.15, 0.2) is 36.7 Å². The summed E-state index contributed by atoms with van der Waals surface area (Å²) in [6.07, 6.45) is 2.52. The van der Waals surface area contributed by atoms with Crippen molar-refractivity contribution >= 4 is 0 Å². The zero-order valence-corrected chi connectivity index (χ0v) is 9.82. The molecule has 0 fully saturated rings. The van der Waals surface area contributed by atoms with Gasteiger partial charge in [0.25, 0.3) is 0 Å². The molecule has 1 aromatic heterocycles. The van der Waals surface area contributed by atoms with Gasteiger partial charge in [-0.25, -0.2) is 14.2 Å². The van der Waals surface area contributed by atoms with Gasteiger partial charge >= 0.3 is 0 Å². The summed E-state index contributed by atoms with van der Waals surface area (Å²) >= 11 is 0. The Bertz CT molecular complexity index is 558. The number of nitrogens with two attached hydrogens (primary N) is 1. The summed E-state index contributed by atoms with van der Waals surface area (Å²) in [5.41, 5.74) is 3.49. The van der Waals surface area contributed by atoms with Gasteiger partial charge in [0.2, 0.25) is 0 Å². The summed E-state index contributed by atoms with van der Waals surface area (Å²) in [4.78, 5) is 3.66. The molecule has 1 atom stereocenters. The lowest BCUT2D eigenvalue weighted by Crippen LogP contribution is -2.30. The van der Waals surface area contributed by atoms with Crippen molar-refractivity contribution < 1.29 is 8.78 Å². The van der Waals surface area contributed by atoms with Gasteiger partial charge in [0.15, 0.2) is 0 Å². The van der Waals surface area contributed by atoms with Gasteiger partial charge in [-0.2, -0.15) is 0 Å². The van der Waals surface area contributed by atoms with E-state index in [1.165, 1.54) is 12.3 Å². The fraction of sp³-hybridized carbons (Fsp3) is 0.154. The Morgan fingerprint density at radius 1 is 1.22 bits per heavy atom. The van der Waals surface area contributed by atoms with E-state index in [2.05, 4.69) is 10.4 Å². The van der Waals surface area contributed by atoms with Crippen molar-refractivity contribution in [3.05, 3.63) is 65.0 Å². The number of nitrogens with one attached hydrogen (secondary N) is 1. The largest absolute Gasteiger partial charge is 0.271 e. The molecule has 0 spiro atoms. The van der Waals surface area contributed by atoms with Crippen LogP contribution in [0.2, 0.25) is 0 Å². The number of rotatable bonds is 3. The van der Waals surface area contributed by atoms with Gasteiger partial charge in [-0.15, -0.1) is 0 Å². The summed E-state index contributed by atoms with van der Waals surface area (Å²) in [6.45, 7) is 1.65. The SMILES string of the molecule is Cc1cccc(C(NN)c2ccncc2F)c1F. The lowest BCUT2D eigenvalue weighted by Gasteiger charge is -2.18. The van der Waals surface area contributed by atoms with Gasteiger partial charge in [0.05, 0.1) is 12.2 Å². The molecule has 3 N–H and O–H groups in total. The third kappa shape index (κ3) is 2.23. The Hall–Kier alpha value is -1.85. The van der Waals surface area contributed by atoms with Crippen molar-refractivity contribution in [3.63, 3.8) is 0 Å². The van der Waals surface area contributed by atoms with Crippen LogP contribution >= 0.6 is 0 Å². The van der Waals surface area contributed by atoms with E-state index in [1.54, 1.807) is 25.1 Å². The molecule has 2 rings (SSSR count). The fourth-order valence-corrected chi connectivity index (χ4v) is 1.86. The first-order chi connectivity index (χ1) is 8.65. The number of nitrogens with zero attached hydrogens (tertiary/aromatic N) is 1. The summed E-state index contributed by atoms with van der Waals surface area (Å²) in [7, 11) is 0. The third-order valence-electron chi connectivity index (χ3n) is 2.81. The van der Waals surface area contributed by atoms with E-state index in [0.717, 1.165) is 6.20 Å². The average Bonchev–Trinajstić information content (AvgIpc) is 2.37. The van der Waals surface area contributed by atoms with Gasteiger partial charge < -0.3 is 0 Å².